The number of nitrogens with zero attached hydrogens (tertiary/aromatic N) is 5. The molecular formula is C17H18N6O3. The number of hydrogen-bond acceptors (Lipinski definition) is 5. The molecule has 26 heavy (non-hydrogen) atoms. The van der Waals surface area contributed by atoms with E-state index in [9.17, 15) is 14.4 Å². The predicted molar refractivity (Wildman–Crippen MR) is 90.5 cm³/mol. The van der Waals surface area contributed by atoms with E-state index in [0.717, 1.165) is 0 Å². The minimum absolute atomic E-state index is 0.0270. The summed E-state index contributed by atoms with van der Waals surface area (Å²) >= 11 is 0. The molecule has 0 saturated carbocycles. The Bertz CT molecular complexity index is 878. The van der Waals surface area contributed by atoms with E-state index >= 15 is 0 Å². The average molecular weight is 354 g/mol. The van der Waals surface area contributed by atoms with Crippen molar-refractivity contribution in [3.05, 3.63) is 41.9 Å². The molecule has 0 bridgehead atoms. The Morgan fingerprint density at radius 1 is 1.27 bits per heavy atom. The van der Waals surface area contributed by atoms with Gasteiger partial charge < -0.3 is 15.1 Å². The molecule has 9 nitrogen and oxygen atoms in total. The smallest absolute Gasteiger partial charge is 0.257 e. The quantitative estimate of drug-likeness (QED) is 0.773. The number of amides is 3. The summed E-state index contributed by atoms with van der Waals surface area (Å²) in [6.07, 6.45) is 3.18. The second kappa shape index (κ2) is 6.25. The Morgan fingerprint density at radius 2 is 2.12 bits per heavy atom. The van der Waals surface area contributed by atoms with Crippen molar-refractivity contribution in [2.45, 2.75) is 13.0 Å². The minimum Gasteiger partial charge on any atom is -0.345 e. The van der Waals surface area contributed by atoms with E-state index < -0.39 is 6.04 Å². The lowest BCUT2D eigenvalue weighted by Crippen LogP contribution is -2.66. The van der Waals surface area contributed by atoms with Gasteiger partial charge in [-0.2, -0.15) is 5.10 Å². The predicted octanol–water partition coefficient (Wildman–Crippen LogP) is -0.641. The normalized spacial score (nSPS) is 20.0. The molecule has 4 heterocycles. The maximum atomic E-state index is 12.9. The van der Waals surface area contributed by atoms with Crippen LogP contribution in [0.15, 0.2) is 30.6 Å². The number of carbonyl (C=O) groups excluding carboxylic acids is 3. The van der Waals surface area contributed by atoms with E-state index in [0.29, 0.717) is 30.2 Å². The minimum atomic E-state index is -0.625. The highest BCUT2D eigenvalue weighted by atomic mass is 16.2. The molecule has 2 saturated heterocycles. The van der Waals surface area contributed by atoms with Gasteiger partial charge in [-0.15, -0.1) is 0 Å². The Labute approximate surface area is 149 Å². The second-order valence-electron chi connectivity index (χ2n) is 6.32. The Morgan fingerprint density at radius 3 is 2.88 bits per heavy atom. The van der Waals surface area contributed by atoms with Crippen molar-refractivity contribution >= 4 is 17.7 Å². The van der Waals surface area contributed by atoms with Crippen LogP contribution in [0.4, 0.5) is 0 Å². The van der Waals surface area contributed by atoms with Crippen molar-refractivity contribution in [1.82, 2.24) is 29.9 Å². The third-order valence-corrected chi connectivity index (χ3v) is 4.81. The molecule has 1 atom stereocenters. The highest BCUT2D eigenvalue weighted by Crippen LogP contribution is 2.19. The average Bonchev–Trinajstić information content (AvgIpc) is 3.06. The van der Waals surface area contributed by atoms with Crippen LogP contribution >= 0.6 is 0 Å². The zero-order valence-corrected chi connectivity index (χ0v) is 14.3. The largest absolute Gasteiger partial charge is 0.345 e. The molecule has 2 fully saturated rings. The van der Waals surface area contributed by atoms with Gasteiger partial charge in [0.15, 0.2) is 5.82 Å². The summed E-state index contributed by atoms with van der Waals surface area (Å²) in [4.78, 5) is 44.3. The molecular weight excluding hydrogens is 336 g/mol. The first kappa shape index (κ1) is 16.2. The number of aromatic nitrogens is 3. The number of hydrogen-bond donors (Lipinski definition) is 1. The van der Waals surface area contributed by atoms with Gasteiger partial charge in [0.1, 0.15) is 6.04 Å². The first-order chi connectivity index (χ1) is 12.6. The zero-order chi connectivity index (χ0) is 18.3. The summed E-state index contributed by atoms with van der Waals surface area (Å²) < 4.78 is 1.61. The molecule has 0 spiro atoms. The molecule has 9 heteroatoms. The maximum absolute atomic E-state index is 12.9. The number of piperazine rings is 2. The van der Waals surface area contributed by atoms with E-state index in [2.05, 4.69) is 15.4 Å². The molecule has 0 unspecified atom stereocenters. The first-order valence-electron chi connectivity index (χ1n) is 8.39. The highest BCUT2D eigenvalue weighted by Gasteiger charge is 2.40. The fourth-order valence-corrected chi connectivity index (χ4v) is 3.37. The van der Waals surface area contributed by atoms with Gasteiger partial charge in [-0.05, 0) is 19.1 Å². The third kappa shape index (κ3) is 2.61. The molecule has 0 aromatic carbocycles. The van der Waals surface area contributed by atoms with Gasteiger partial charge in [0.2, 0.25) is 11.8 Å². The van der Waals surface area contributed by atoms with Crippen LogP contribution in [-0.4, -0.2) is 74.5 Å². The molecule has 2 aliphatic rings. The molecule has 0 aliphatic carbocycles. The van der Waals surface area contributed by atoms with Crippen LogP contribution < -0.4 is 5.32 Å². The van der Waals surface area contributed by atoms with Crippen molar-refractivity contribution in [2.75, 3.05) is 26.2 Å². The second-order valence-corrected chi connectivity index (χ2v) is 6.32. The van der Waals surface area contributed by atoms with Crippen LogP contribution in [0.2, 0.25) is 0 Å². The first-order valence-corrected chi connectivity index (χ1v) is 8.39. The summed E-state index contributed by atoms with van der Waals surface area (Å²) in [5, 5.41) is 6.85. The van der Waals surface area contributed by atoms with E-state index in [-0.39, 0.29) is 30.8 Å². The summed E-state index contributed by atoms with van der Waals surface area (Å²) in [5.41, 5.74) is 1.15. The Balaban J connectivity index is 1.56. The van der Waals surface area contributed by atoms with E-state index in [1.54, 1.807) is 20.7 Å². The zero-order valence-electron chi connectivity index (χ0n) is 14.3. The fourth-order valence-electron chi connectivity index (χ4n) is 3.37. The van der Waals surface area contributed by atoms with Gasteiger partial charge >= 0.3 is 0 Å². The molecule has 2 aromatic rings. The van der Waals surface area contributed by atoms with Crippen molar-refractivity contribution in [2.24, 2.45) is 0 Å². The van der Waals surface area contributed by atoms with Gasteiger partial charge in [0, 0.05) is 19.3 Å². The van der Waals surface area contributed by atoms with Crippen LogP contribution in [0.3, 0.4) is 0 Å². The van der Waals surface area contributed by atoms with Gasteiger partial charge in [-0.3, -0.25) is 14.4 Å². The van der Waals surface area contributed by atoms with Crippen LogP contribution in [0.5, 0.6) is 0 Å². The number of carbonyl (C=O) groups is 3. The Hall–Kier alpha value is -3.23. The van der Waals surface area contributed by atoms with Crippen LogP contribution in [0.1, 0.15) is 16.1 Å². The summed E-state index contributed by atoms with van der Waals surface area (Å²) in [6.45, 7) is 2.77. The van der Waals surface area contributed by atoms with Crippen LogP contribution in [-0.2, 0) is 9.59 Å². The molecule has 3 amide bonds. The summed E-state index contributed by atoms with van der Waals surface area (Å²) in [7, 11) is 0. The van der Waals surface area contributed by atoms with E-state index in [4.69, 9.17) is 0 Å². The van der Waals surface area contributed by atoms with Crippen molar-refractivity contribution < 1.29 is 14.4 Å². The molecule has 2 aliphatic heterocycles. The standard InChI is InChI=1S/C17H18N6O3/c1-11-12(8-20-23(11)14-4-2-3-5-18-14)17(26)21-6-7-22-13(10-21)16(25)19-9-15(22)24/h2-5,8,13H,6-7,9-10H2,1H3,(H,19,25)/t13-/m0/s1. The maximum Gasteiger partial charge on any atom is 0.257 e. The monoisotopic (exact) mass is 354 g/mol. The third-order valence-electron chi connectivity index (χ3n) is 4.81. The number of pyridine rings is 1. The molecule has 134 valence electrons. The van der Waals surface area contributed by atoms with Crippen molar-refractivity contribution in [3.63, 3.8) is 0 Å². The number of rotatable bonds is 2. The summed E-state index contributed by atoms with van der Waals surface area (Å²) in [6, 6.07) is 4.85. The lowest BCUT2D eigenvalue weighted by molar-refractivity contribution is -0.148. The van der Waals surface area contributed by atoms with Crippen LogP contribution in [0, 0.1) is 6.92 Å². The molecule has 0 radical (unpaired) electrons. The van der Waals surface area contributed by atoms with Gasteiger partial charge in [0.05, 0.1) is 30.5 Å². The highest BCUT2D eigenvalue weighted by molar-refractivity contribution is 5.98. The number of fused-ring (bicyclic) bond motifs is 1. The molecule has 2 aromatic heterocycles. The fraction of sp³-hybridized carbons (Fsp3) is 0.353. The van der Waals surface area contributed by atoms with Crippen molar-refractivity contribution in [1.29, 1.82) is 0 Å². The summed E-state index contributed by atoms with van der Waals surface area (Å²) in [5.74, 6) is 0.102. The Kier molecular flexibility index (Phi) is 3.90. The van der Waals surface area contributed by atoms with E-state index in [1.165, 1.54) is 6.20 Å². The number of nitrogens with one attached hydrogen (secondary N) is 1. The molecule has 4 rings (SSSR count). The topological polar surface area (TPSA) is 100 Å². The van der Waals surface area contributed by atoms with Gasteiger partial charge in [0.25, 0.3) is 5.91 Å². The molecule has 1 N–H and O–H groups in total. The lowest BCUT2D eigenvalue weighted by Gasteiger charge is -2.42. The van der Waals surface area contributed by atoms with Gasteiger partial charge in [-0.25, -0.2) is 9.67 Å². The van der Waals surface area contributed by atoms with E-state index in [1.807, 2.05) is 25.1 Å². The van der Waals surface area contributed by atoms with Crippen molar-refractivity contribution in [3.8, 4) is 5.82 Å². The lowest BCUT2D eigenvalue weighted by atomic mass is 10.1. The van der Waals surface area contributed by atoms with Gasteiger partial charge in [-0.1, -0.05) is 6.07 Å². The SMILES string of the molecule is Cc1c(C(=O)N2CCN3C(=O)CNC(=O)[C@@H]3C2)cnn1-c1ccccn1. The van der Waals surface area contributed by atoms with Crippen LogP contribution in [0.25, 0.3) is 5.82 Å².